The molecule has 0 aromatic heterocycles. The molecule has 0 radical (unpaired) electrons. The minimum Gasteiger partial charge on any atom is -0.497 e. The normalized spacial score (nSPS) is 25.1. The number of aliphatic hydroxyl groups excluding tert-OH is 1. The third-order valence-electron chi connectivity index (χ3n) is 3.98. The van der Waals surface area contributed by atoms with Gasteiger partial charge in [-0.1, -0.05) is 36.4 Å². The lowest BCUT2D eigenvalue weighted by atomic mass is 9.85. The van der Waals surface area contributed by atoms with Crippen molar-refractivity contribution in [3.8, 4) is 5.75 Å². The molecule has 0 bridgehead atoms. The zero-order chi connectivity index (χ0) is 14.1. The first-order valence-corrected chi connectivity index (χ1v) is 6.87. The molecule has 3 heteroatoms. The summed E-state index contributed by atoms with van der Waals surface area (Å²) in [6, 6.07) is 16.3. The van der Waals surface area contributed by atoms with Gasteiger partial charge in [-0.25, -0.2) is 0 Å². The highest BCUT2D eigenvalue weighted by Gasteiger charge is 2.31. The number of rotatable bonds is 2. The van der Waals surface area contributed by atoms with Gasteiger partial charge < -0.3 is 15.2 Å². The summed E-state index contributed by atoms with van der Waals surface area (Å²) in [6.07, 6.45) is -0.458. The fourth-order valence-corrected chi connectivity index (χ4v) is 2.83. The summed E-state index contributed by atoms with van der Waals surface area (Å²) >= 11 is 0. The van der Waals surface area contributed by atoms with Crippen LogP contribution in [0.5, 0.6) is 5.75 Å². The number of methoxy groups -OCH3 is 1. The standard InChI is InChI=1S/C17H19NO2/c1-11-17(19)15-6-4-3-5-14(15)16(18-11)12-7-9-13(20-2)10-8-12/h3-11,16-19H,1-2H3. The Hall–Kier alpha value is -1.84. The molecule has 1 aliphatic rings. The fourth-order valence-electron chi connectivity index (χ4n) is 2.83. The van der Waals surface area contributed by atoms with Crippen LogP contribution < -0.4 is 10.1 Å². The van der Waals surface area contributed by atoms with Crippen molar-refractivity contribution in [2.24, 2.45) is 0 Å². The molecule has 0 spiro atoms. The second kappa shape index (κ2) is 5.27. The van der Waals surface area contributed by atoms with E-state index < -0.39 is 6.10 Å². The molecule has 3 nitrogen and oxygen atoms in total. The van der Waals surface area contributed by atoms with Crippen molar-refractivity contribution in [3.63, 3.8) is 0 Å². The molecule has 1 heterocycles. The maximum Gasteiger partial charge on any atom is 0.118 e. The largest absolute Gasteiger partial charge is 0.497 e. The first-order chi connectivity index (χ1) is 9.70. The van der Waals surface area contributed by atoms with Gasteiger partial charge in [0.05, 0.1) is 19.3 Å². The highest BCUT2D eigenvalue weighted by molar-refractivity contribution is 5.42. The van der Waals surface area contributed by atoms with Crippen LogP contribution in [0.1, 0.15) is 35.8 Å². The predicted octanol–water partition coefficient (Wildman–Crippen LogP) is 2.81. The van der Waals surface area contributed by atoms with E-state index in [0.29, 0.717) is 0 Å². The summed E-state index contributed by atoms with van der Waals surface area (Å²) in [4.78, 5) is 0. The van der Waals surface area contributed by atoms with Crippen LogP contribution in [0, 0.1) is 0 Å². The number of ether oxygens (including phenoxy) is 1. The molecule has 3 atom stereocenters. The Morgan fingerprint density at radius 2 is 1.65 bits per heavy atom. The Bertz CT molecular complexity index is 594. The summed E-state index contributed by atoms with van der Waals surface area (Å²) in [5.74, 6) is 0.853. The van der Waals surface area contributed by atoms with E-state index in [-0.39, 0.29) is 12.1 Å². The predicted molar refractivity (Wildman–Crippen MR) is 78.8 cm³/mol. The van der Waals surface area contributed by atoms with Crippen LogP contribution in [0.3, 0.4) is 0 Å². The molecule has 0 fully saturated rings. The molecule has 0 amide bonds. The number of benzene rings is 2. The third kappa shape index (κ3) is 2.19. The quantitative estimate of drug-likeness (QED) is 0.881. The maximum atomic E-state index is 10.3. The number of aliphatic hydroxyl groups is 1. The average molecular weight is 269 g/mol. The van der Waals surface area contributed by atoms with Crippen LogP contribution in [-0.4, -0.2) is 18.3 Å². The fraction of sp³-hybridized carbons (Fsp3) is 0.294. The summed E-state index contributed by atoms with van der Waals surface area (Å²) in [6.45, 7) is 2.01. The zero-order valence-electron chi connectivity index (χ0n) is 11.7. The highest BCUT2D eigenvalue weighted by Crippen LogP contribution is 2.35. The van der Waals surface area contributed by atoms with E-state index in [0.717, 1.165) is 16.9 Å². The minimum atomic E-state index is -0.458. The second-order valence-electron chi connectivity index (χ2n) is 5.24. The lowest BCUT2D eigenvalue weighted by Gasteiger charge is -2.35. The van der Waals surface area contributed by atoms with Crippen molar-refractivity contribution < 1.29 is 9.84 Å². The van der Waals surface area contributed by atoms with Gasteiger partial charge in [0.25, 0.3) is 0 Å². The summed E-state index contributed by atoms with van der Waals surface area (Å²) in [7, 11) is 1.67. The van der Waals surface area contributed by atoms with Crippen LogP contribution in [-0.2, 0) is 0 Å². The van der Waals surface area contributed by atoms with E-state index in [4.69, 9.17) is 4.74 Å². The number of hydrogen-bond acceptors (Lipinski definition) is 3. The number of hydrogen-bond donors (Lipinski definition) is 2. The van der Waals surface area contributed by atoms with E-state index in [2.05, 4.69) is 23.5 Å². The molecule has 2 aromatic rings. The van der Waals surface area contributed by atoms with Gasteiger partial charge in [-0.05, 0) is 35.7 Å². The number of nitrogens with one attached hydrogen (secondary N) is 1. The van der Waals surface area contributed by atoms with Crippen molar-refractivity contribution in [3.05, 3.63) is 65.2 Å². The van der Waals surface area contributed by atoms with Gasteiger partial charge >= 0.3 is 0 Å². The Balaban J connectivity index is 2.02. The van der Waals surface area contributed by atoms with Crippen molar-refractivity contribution in [1.82, 2.24) is 5.32 Å². The van der Waals surface area contributed by atoms with E-state index in [9.17, 15) is 5.11 Å². The van der Waals surface area contributed by atoms with E-state index in [1.54, 1.807) is 7.11 Å². The van der Waals surface area contributed by atoms with Gasteiger partial charge in [0.2, 0.25) is 0 Å². The SMILES string of the molecule is COc1ccc(C2NC(C)C(O)c3ccccc32)cc1. The Labute approximate surface area is 119 Å². The van der Waals surface area contributed by atoms with Crippen LogP contribution in [0.4, 0.5) is 0 Å². The van der Waals surface area contributed by atoms with Crippen LogP contribution >= 0.6 is 0 Å². The van der Waals surface area contributed by atoms with Gasteiger partial charge in [-0.2, -0.15) is 0 Å². The van der Waals surface area contributed by atoms with E-state index >= 15 is 0 Å². The van der Waals surface area contributed by atoms with Gasteiger partial charge in [-0.15, -0.1) is 0 Å². The molecule has 2 aromatic carbocycles. The number of fused-ring (bicyclic) bond motifs is 1. The van der Waals surface area contributed by atoms with E-state index in [1.165, 1.54) is 5.56 Å². The Kier molecular flexibility index (Phi) is 3.47. The smallest absolute Gasteiger partial charge is 0.118 e. The Morgan fingerprint density at radius 3 is 2.30 bits per heavy atom. The molecule has 0 saturated heterocycles. The van der Waals surface area contributed by atoms with Crippen molar-refractivity contribution in [2.75, 3.05) is 7.11 Å². The topological polar surface area (TPSA) is 41.5 Å². The lowest BCUT2D eigenvalue weighted by Crippen LogP contribution is -2.41. The van der Waals surface area contributed by atoms with Gasteiger partial charge in [0.1, 0.15) is 5.75 Å². The van der Waals surface area contributed by atoms with Crippen molar-refractivity contribution in [1.29, 1.82) is 0 Å². The summed E-state index contributed by atoms with van der Waals surface area (Å²) in [5, 5.41) is 13.8. The zero-order valence-corrected chi connectivity index (χ0v) is 11.7. The molecule has 0 saturated carbocycles. The molecule has 104 valence electrons. The molecular formula is C17H19NO2. The molecule has 20 heavy (non-hydrogen) atoms. The maximum absolute atomic E-state index is 10.3. The molecular weight excluding hydrogens is 250 g/mol. The first kappa shape index (κ1) is 13.2. The molecule has 0 aliphatic carbocycles. The second-order valence-corrected chi connectivity index (χ2v) is 5.24. The monoisotopic (exact) mass is 269 g/mol. The molecule has 3 unspecified atom stereocenters. The van der Waals surface area contributed by atoms with E-state index in [1.807, 2.05) is 37.3 Å². The van der Waals surface area contributed by atoms with Crippen molar-refractivity contribution >= 4 is 0 Å². The summed E-state index contributed by atoms with van der Waals surface area (Å²) < 4.78 is 5.20. The third-order valence-corrected chi connectivity index (χ3v) is 3.98. The lowest BCUT2D eigenvalue weighted by molar-refractivity contribution is 0.120. The van der Waals surface area contributed by atoms with Crippen LogP contribution in [0.2, 0.25) is 0 Å². The molecule has 1 aliphatic heterocycles. The van der Waals surface area contributed by atoms with Gasteiger partial charge in [-0.3, -0.25) is 0 Å². The molecule has 2 N–H and O–H groups in total. The van der Waals surface area contributed by atoms with Gasteiger partial charge in [0, 0.05) is 6.04 Å². The first-order valence-electron chi connectivity index (χ1n) is 6.87. The Morgan fingerprint density at radius 1 is 1.00 bits per heavy atom. The van der Waals surface area contributed by atoms with Crippen LogP contribution in [0.15, 0.2) is 48.5 Å². The average Bonchev–Trinajstić information content (AvgIpc) is 2.51. The molecule has 3 rings (SSSR count). The summed E-state index contributed by atoms with van der Waals surface area (Å²) in [5.41, 5.74) is 3.33. The van der Waals surface area contributed by atoms with Gasteiger partial charge in [0.15, 0.2) is 0 Å². The van der Waals surface area contributed by atoms with Crippen molar-refractivity contribution in [2.45, 2.75) is 25.1 Å². The van der Waals surface area contributed by atoms with Crippen LogP contribution in [0.25, 0.3) is 0 Å². The minimum absolute atomic E-state index is 0.0250. The highest BCUT2D eigenvalue weighted by atomic mass is 16.5.